The van der Waals surface area contributed by atoms with Gasteiger partial charge in [0.1, 0.15) is 11.5 Å². The van der Waals surface area contributed by atoms with Crippen molar-refractivity contribution in [3.8, 4) is 11.5 Å². The topological polar surface area (TPSA) is 54.6 Å². The molecule has 1 aliphatic rings. The average Bonchev–Trinajstić information content (AvgIpc) is 3.16. The van der Waals surface area contributed by atoms with Crippen molar-refractivity contribution in [2.75, 3.05) is 27.3 Å². The maximum Gasteiger partial charge on any atom is 0.253 e. The molecule has 0 unspecified atom stereocenters. The van der Waals surface area contributed by atoms with Gasteiger partial charge in [0.05, 0.1) is 14.2 Å². The summed E-state index contributed by atoms with van der Waals surface area (Å²) in [6, 6.07) is 15.7. The molecule has 0 radical (unpaired) electrons. The molecule has 0 bridgehead atoms. The summed E-state index contributed by atoms with van der Waals surface area (Å²) in [5.41, 5.74) is 3.05. The minimum Gasteiger partial charge on any atom is -0.497 e. The molecule has 140 valence electrons. The number of amides is 1. The Morgan fingerprint density at radius 3 is 2.48 bits per heavy atom. The van der Waals surface area contributed by atoms with Crippen molar-refractivity contribution in [3.63, 3.8) is 0 Å². The molecule has 2 heterocycles. The Morgan fingerprint density at radius 2 is 1.74 bits per heavy atom. The number of hydrogen-bond donors (Lipinski definition) is 1. The van der Waals surface area contributed by atoms with E-state index in [0.717, 1.165) is 37.2 Å². The molecule has 1 N–H and O–H groups in total. The van der Waals surface area contributed by atoms with Gasteiger partial charge < -0.3 is 19.4 Å². The van der Waals surface area contributed by atoms with Crippen LogP contribution in [-0.2, 0) is 0 Å². The molecule has 1 aliphatic heterocycles. The summed E-state index contributed by atoms with van der Waals surface area (Å²) in [7, 11) is 3.30. The molecule has 5 heteroatoms. The van der Waals surface area contributed by atoms with E-state index in [9.17, 15) is 4.79 Å². The lowest BCUT2D eigenvalue weighted by Crippen LogP contribution is -2.38. The fraction of sp³-hybridized carbons (Fsp3) is 0.318. The van der Waals surface area contributed by atoms with Crippen molar-refractivity contribution in [3.05, 3.63) is 59.8 Å². The summed E-state index contributed by atoms with van der Waals surface area (Å²) in [5, 5.41) is 1.17. The highest BCUT2D eigenvalue weighted by atomic mass is 16.5. The molecule has 27 heavy (non-hydrogen) atoms. The van der Waals surface area contributed by atoms with Gasteiger partial charge in [-0.3, -0.25) is 4.79 Å². The molecule has 5 nitrogen and oxygen atoms in total. The number of methoxy groups -OCH3 is 2. The Bertz CT molecular complexity index is 955. The lowest BCUT2D eigenvalue weighted by molar-refractivity contribution is 0.0712. The monoisotopic (exact) mass is 364 g/mol. The lowest BCUT2D eigenvalue weighted by atomic mass is 9.93. The SMILES string of the molecule is COc1cccc(C(=O)N2CCC(c3cc4cc(OC)ccc4[nH]3)CC2)c1. The third kappa shape index (κ3) is 3.50. The third-order valence-corrected chi connectivity index (χ3v) is 5.39. The number of rotatable bonds is 4. The van der Waals surface area contributed by atoms with Crippen molar-refractivity contribution in [2.45, 2.75) is 18.8 Å². The number of hydrogen-bond acceptors (Lipinski definition) is 3. The molecule has 1 fully saturated rings. The number of nitrogens with zero attached hydrogens (tertiary/aromatic N) is 1. The van der Waals surface area contributed by atoms with Crippen LogP contribution in [0.15, 0.2) is 48.5 Å². The van der Waals surface area contributed by atoms with Crippen LogP contribution < -0.4 is 9.47 Å². The van der Waals surface area contributed by atoms with Gasteiger partial charge in [0.15, 0.2) is 0 Å². The van der Waals surface area contributed by atoms with E-state index in [1.165, 1.54) is 11.1 Å². The quantitative estimate of drug-likeness (QED) is 0.755. The van der Waals surface area contributed by atoms with E-state index in [-0.39, 0.29) is 5.91 Å². The van der Waals surface area contributed by atoms with E-state index in [4.69, 9.17) is 9.47 Å². The number of aromatic nitrogens is 1. The first-order valence-electron chi connectivity index (χ1n) is 9.28. The van der Waals surface area contributed by atoms with Gasteiger partial charge in [-0.05, 0) is 55.3 Å². The van der Waals surface area contributed by atoms with Crippen LogP contribution in [0.5, 0.6) is 11.5 Å². The highest BCUT2D eigenvalue weighted by Crippen LogP contribution is 2.31. The van der Waals surface area contributed by atoms with Crippen LogP contribution in [0.4, 0.5) is 0 Å². The largest absolute Gasteiger partial charge is 0.497 e. The predicted molar refractivity (Wildman–Crippen MR) is 106 cm³/mol. The van der Waals surface area contributed by atoms with Crippen LogP contribution in [-0.4, -0.2) is 43.1 Å². The maximum absolute atomic E-state index is 12.8. The fourth-order valence-corrected chi connectivity index (χ4v) is 3.81. The molecule has 0 saturated carbocycles. The second kappa shape index (κ2) is 7.35. The number of fused-ring (bicyclic) bond motifs is 1. The molecule has 0 spiro atoms. The number of likely N-dealkylation sites (tertiary alicyclic amines) is 1. The molecular weight excluding hydrogens is 340 g/mol. The zero-order valence-electron chi connectivity index (χ0n) is 15.7. The van der Waals surface area contributed by atoms with Crippen molar-refractivity contribution < 1.29 is 14.3 Å². The van der Waals surface area contributed by atoms with Crippen LogP contribution >= 0.6 is 0 Å². The number of ether oxygens (including phenoxy) is 2. The Morgan fingerprint density at radius 1 is 1.00 bits per heavy atom. The van der Waals surface area contributed by atoms with Gasteiger partial charge >= 0.3 is 0 Å². The van der Waals surface area contributed by atoms with Crippen LogP contribution in [0.3, 0.4) is 0 Å². The molecule has 0 atom stereocenters. The summed E-state index contributed by atoms with van der Waals surface area (Å²) < 4.78 is 10.5. The van der Waals surface area contributed by atoms with Gasteiger partial charge in [0.2, 0.25) is 0 Å². The van der Waals surface area contributed by atoms with E-state index in [0.29, 0.717) is 17.2 Å². The van der Waals surface area contributed by atoms with E-state index in [1.807, 2.05) is 29.2 Å². The number of carbonyl (C=O) groups excluding carboxylic acids is 1. The van der Waals surface area contributed by atoms with Gasteiger partial charge in [-0.2, -0.15) is 0 Å². The minimum atomic E-state index is 0.0775. The Kier molecular flexibility index (Phi) is 4.75. The van der Waals surface area contributed by atoms with Gasteiger partial charge in [0, 0.05) is 41.2 Å². The summed E-state index contributed by atoms with van der Waals surface area (Å²) in [6.45, 7) is 1.53. The van der Waals surface area contributed by atoms with Gasteiger partial charge in [-0.1, -0.05) is 6.07 Å². The number of piperidine rings is 1. The normalized spacial score (nSPS) is 15.1. The average molecular weight is 364 g/mol. The molecule has 0 aliphatic carbocycles. The van der Waals surface area contributed by atoms with Crippen molar-refractivity contribution in [1.29, 1.82) is 0 Å². The molecule has 2 aromatic carbocycles. The first kappa shape index (κ1) is 17.5. The Hall–Kier alpha value is -2.95. The molecule has 1 aromatic heterocycles. The van der Waals surface area contributed by atoms with Crippen LogP contribution in [0.25, 0.3) is 10.9 Å². The van der Waals surface area contributed by atoms with Crippen LogP contribution in [0.2, 0.25) is 0 Å². The fourth-order valence-electron chi connectivity index (χ4n) is 3.81. The zero-order valence-corrected chi connectivity index (χ0v) is 15.7. The van der Waals surface area contributed by atoms with Gasteiger partial charge in [-0.15, -0.1) is 0 Å². The molecule has 4 rings (SSSR count). The van der Waals surface area contributed by atoms with E-state index in [1.54, 1.807) is 20.3 Å². The van der Waals surface area contributed by atoms with Crippen molar-refractivity contribution in [2.24, 2.45) is 0 Å². The number of carbonyl (C=O) groups is 1. The minimum absolute atomic E-state index is 0.0775. The maximum atomic E-state index is 12.8. The predicted octanol–water partition coefficient (Wildman–Crippen LogP) is 4.20. The highest BCUT2D eigenvalue weighted by molar-refractivity contribution is 5.94. The first-order valence-corrected chi connectivity index (χ1v) is 9.28. The standard InChI is InChI=1S/C22H24N2O3/c1-26-18-5-3-4-16(12-18)22(25)24-10-8-15(9-11-24)21-14-17-13-19(27-2)6-7-20(17)23-21/h3-7,12-15,23H,8-11H2,1-2H3. The number of H-pyrrole nitrogens is 1. The lowest BCUT2D eigenvalue weighted by Gasteiger charge is -2.31. The van der Waals surface area contributed by atoms with Crippen molar-refractivity contribution >= 4 is 16.8 Å². The summed E-state index contributed by atoms with van der Waals surface area (Å²) >= 11 is 0. The second-order valence-electron chi connectivity index (χ2n) is 6.98. The molecule has 3 aromatic rings. The summed E-state index contributed by atoms with van der Waals surface area (Å²) in [5.74, 6) is 2.10. The molecule has 1 amide bonds. The van der Waals surface area contributed by atoms with Gasteiger partial charge in [0.25, 0.3) is 5.91 Å². The Balaban J connectivity index is 1.44. The van der Waals surface area contributed by atoms with E-state index >= 15 is 0 Å². The zero-order chi connectivity index (χ0) is 18.8. The second-order valence-corrected chi connectivity index (χ2v) is 6.98. The number of nitrogens with one attached hydrogen (secondary N) is 1. The van der Waals surface area contributed by atoms with Crippen LogP contribution in [0, 0.1) is 0 Å². The van der Waals surface area contributed by atoms with Gasteiger partial charge in [-0.25, -0.2) is 0 Å². The molecule has 1 saturated heterocycles. The smallest absolute Gasteiger partial charge is 0.253 e. The third-order valence-electron chi connectivity index (χ3n) is 5.39. The number of aromatic amines is 1. The van der Waals surface area contributed by atoms with E-state index < -0.39 is 0 Å². The van der Waals surface area contributed by atoms with E-state index in [2.05, 4.69) is 23.2 Å². The summed E-state index contributed by atoms with van der Waals surface area (Å²) in [6.07, 6.45) is 1.92. The molecular formula is C22H24N2O3. The highest BCUT2D eigenvalue weighted by Gasteiger charge is 2.25. The Labute approximate surface area is 158 Å². The summed E-state index contributed by atoms with van der Waals surface area (Å²) in [4.78, 5) is 18.2. The number of benzene rings is 2. The van der Waals surface area contributed by atoms with Crippen LogP contribution in [0.1, 0.15) is 34.8 Å². The van der Waals surface area contributed by atoms with Crippen molar-refractivity contribution in [1.82, 2.24) is 9.88 Å². The first-order chi connectivity index (χ1) is 13.2.